The van der Waals surface area contributed by atoms with Gasteiger partial charge in [0, 0.05) is 34.1 Å². The summed E-state index contributed by atoms with van der Waals surface area (Å²) in [5.74, 6) is -0.248. The number of nitrogens with zero attached hydrogens (tertiary/aromatic N) is 1. The van der Waals surface area contributed by atoms with Gasteiger partial charge >= 0.3 is 5.97 Å². The quantitative estimate of drug-likeness (QED) is 0.199. The fraction of sp³-hybridized carbons (Fsp3) is 0.121. The predicted molar refractivity (Wildman–Crippen MR) is 154 cm³/mol. The summed E-state index contributed by atoms with van der Waals surface area (Å²) in [6.45, 7) is 3.25. The summed E-state index contributed by atoms with van der Waals surface area (Å²) in [7, 11) is 0. The van der Waals surface area contributed by atoms with Gasteiger partial charge < -0.3 is 14.4 Å². The largest absolute Gasteiger partial charge is 0.490 e. The summed E-state index contributed by atoms with van der Waals surface area (Å²) in [6.07, 6.45) is 4.08. The Kier molecular flexibility index (Phi) is 7.62. The van der Waals surface area contributed by atoms with E-state index in [4.69, 9.17) is 21.4 Å². The number of aromatic carboxylic acids is 1. The van der Waals surface area contributed by atoms with Crippen LogP contribution in [-0.4, -0.2) is 22.2 Å². The van der Waals surface area contributed by atoms with Crippen molar-refractivity contribution in [2.75, 3.05) is 6.61 Å². The van der Waals surface area contributed by atoms with E-state index in [2.05, 4.69) is 78.2 Å². The molecule has 1 aromatic heterocycles. The van der Waals surface area contributed by atoms with Gasteiger partial charge in [0.15, 0.2) is 0 Å². The van der Waals surface area contributed by atoms with Crippen LogP contribution >= 0.6 is 11.6 Å². The normalized spacial score (nSPS) is 11.4. The van der Waals surface area contributed by atoms with E-state index in [0.29, 0.717) is 23.9 Å². The minimum absolute atomic E-state index is 0.0701. The lowest BCUT2D eigenvalue weighted by atomic mass is 9.84. The van der Waals surface area contributed by atoms with E-state index in [1.165, 1.54) is 22.4 Å². The van der Waals surface area contributed by atoms with Gasteiger partial charge in [-0.05, 0) is 72.2 Å². The smallest absolute Gasteiger partial charge is 0.335 e. The number of carbonyl (C=O) groups is 1. The minimum Gasteiger partial charge on any atom is -0.490 e. The first kappa shape index (κ1) is 25.4. The van der Waals surface area contributed by atoms with E-state index in [1.54, 1.807) is 24.3 Å². The third kappa shape index (κ3) is 5.36. The number of carboxylic acids is 1. The number of benzene rings is 4. The molecule has 0 radical (unpaired) electrons. The Bertz CT molecular complexity index is 1530. The van der Waals surface area contributed by atoms with Crippen LogP contribution in [0, 0.1) is 6.92 Å². The molecule has 0 spiro atoms. The molecular weight excluding hydrogens is 494 g/mol. The average Bonchev–Trinajstić information content (AvgIpc) is 3.20. The molecule has 0 aliphatic carbocycles. The van der Waals surface area contributed by atoms with Crippen molar-refractivity contribution in [3.8, 4) is 5.75 Å². The molecule has 5 rings (SSSR count). The summed E-state index contributed by atoms with van der Waals surface area (Å²) in [5.41, 5.74) is 6.28. The Labute approximate surface area is 227 Å². The van der Waals surface area contributed by atoms with E-state index in [9.17, 15) is 4.79 Å². The molecule has 5 heteroatoms. The monoisotopic (exact) mass is 521 g/mol. The van der Waals surface area contributed by atoms with Crippen molar-refractivity contribution in [2.24, 2.45) is 0 Å². The van der Waals surface area contributed by atoms with Crippen LogP contribution < -0.4 is 4.74 Å². The highest BCUT2D eigenvalue weighted by Gasteiger charge is 2.24. The molecule has 0 aliphatic rings. The lowest BCUT2D eigenvalue weighted by Crippen LogP contribution is -2.06. The maximum atomic E-state index is 11.0. The molecule has 0 bridgehead atoms. The molecule has 4 nitrogen and oxygen atoms in total. The number of ether oxygens (including phenoxy) is 1. The van der Waals surface area contributed by atoms with Crippen LogP contribution in [0.4, 0.5) is 0 Å². The van der Waals surface area contributed by atoms with Crippen LogP contribution in [-0.2, 0) is 6.54 Å². The molecule has 38 heavy (non-hydrogen) atoms. The number of halogens is 1. The van der Waals surface area contributed by atoms with E-state index >= 15 is 0 Å². The zero-order chi connectivity index (χ0) is 26.5. The molecule has 0 saturated heterocycles. The van der Waals surface area contributed by atoms with E-state index in [0.717, 1.165) is 10.9 Å². The molecule has 0 unspecified atom stereocenters. The standard InChI is InChI=1S/C33H28ClNO3/c1-23-31(32(24-10-4-2-5-11-24)25-12-6-3-7-13-25)29-22-27(34)16-19-30(29)35(23)20-8-9-21-38-28-17-14-26(15-18-28)33(36)37/h2-19,22,32H,20-21H2,1H3,(H,36,37)/b9-8+. The van der Waals surface area contributed by atoms with Gasteiger partial charge in [0.05, 0.1) is 5.56 Å². The van der Waals surface area contributed by atoms with Gasteiger partial charge in [-0.3, -0.25) is 0 Å². The molecule has 0 aliphatic heterocycles. The molecule has 0 fully saturated rings. The Hall–Kier alpha value is -4.28. The van der Waals surface area contributed by atoms with Crippen LogP contribution in [0.25, 0.3) is 10.9 Å². The Balaban J connectivity index is 1.46. The van der Waals surface area contributed by atoms with Crippen molar-refractivity contribution in [1.82, 2.24) is 4.57 Å². The summed E-state index contributed by atoms with van der Waals surface area (Å²) in [6, 6.07) is 33.7. The Morgan fingerprint density at radius 3 is 2.13 bits per heavy atom. The summed E-state index contributed by atoms with van der Waals surface area (Å²) in [4.78, 5) is 11.0. The van der Waals surface area contributed by atoms with Crippen LogP contribution in [0.15, 0.2) is 115 Å². The molecule has 1 heterocycles. The fourth-order valence-corrected chi connectivity index (χ4v) is 5.15. The van der Waals surface area contributed by atoms with Crippen molar-refractivity contribution in [3.05, 3.63) is 148 Å². The van der Waals surface area contributed by atoms with Crippen molar-refractivity contribution < 1.29 is 14.6 Å². The molecule has 4 aromatic carbocycles. The second-order valence-electron chi connectivity index (χ2n) is 9.14. The van der Waals surface area contributed by atoms with Crippen molar-refractivity contribution in [1.29, 1.82) is 0 Å². The molecule has 190 valence electrons. The number of allylic oxidation sites excluding steroid dienone is 1. The Morgan fingerprint density at radius 1 is 0.895 bits per heavy atom. The molecule has 1 N–H and O–H groups in total. The third-order valence-electron chi connectivity index (χ3n) is 6.79. The summed E-state index contributed by atoms with van der Waals surface area (Å²) in [5, 5.41) is 10.9. The van der Waals surface area contributed by atoms with E-state index in [1.807, 2.05) is 24.3 Å². The van der Waals surface area contributed by atoms with Crippen molar-refractivity contribution in [2.45, 2.75) is 19.4 Å². The van der Waals surface area contributed by atoms with Crippen LogP contribution in [0.5, 0.6) is 5.75 Å². The molecule has 0 amide bonds. The number of aromatic nitrogens is 1. The lowest BCUT2D eigenvalue weighted by Gasteiger charge is -2.20. The van der Waals surface area contributed by atoms with Gasteiger partial charge in [-0.25, -0.2) is 4.79 Å². The number of rotatable bonds is 9. The van der Waals surface area contributed by atoms with Gasteiger partial charge in [0.2, 0.25) is 0 Å². The number of fused-ring (bicyclic) bond motifs is 1. The van der Waals surface area contributed by atoms with Crippen LogP contribution in [0.2, 0.25) is 5.02 Å². The average molecular weight is 522 g/mol. The first-order valence-corrected chi connectivity index (χ1v) is 12.9. The molecule has 5 aromatic rings. The highest BCUT2D eigenvalue weighted by Crippen LogP contribution is 2.40. The van der Waals surface area contributed by atoms with Gasteiger partial charge in [0.25, 0.3) is 0 Å². The second kappa shape index (κ2) is 11.4. The number of hydrogen-bond donors (Lipinski definition) is 1. The zero-order valence-electron chi connectivity index (χ0n) is 21.1. The highest BCUT2D eigenvalue weighted by molar-refractivity contribution is 6.31. The third-order valence-corrected chi connectivity index (χ3v) is 7.03. The second-order valence-corrected chi connectivity index (χ2v) is 9.57. The molecule has 0 atom stereocenters. The van der Waals surface area contributed by atoms with E-state index < -0.39 is 5.97 Å². The fourth-order valence-electron chi connectivity index (χ4n) is 4.98. The van der Waals surface area contributed by atoms with Crippen molar-refractivity contribution in [3.63, 3.8) is 0 Å². The van der Waals surface area contributed by atoms with Gasteiger partial charge in [-0.15, -0.1) is 0 Å². The summed E-state index contributed by atoms with van der Waals surface area (Å²) < 4.78 is 8.08. The van der Waals surface area contributed by atoms with Gasteiger partial charge in [-0.2, -0.15) is 0 Å². The number of hydrogen-bond acceptors (Lipinski definition) is 2. The van der Waals surface area contributed by atoms with Crippen LogP contribution in [0.1, 0.15) is 38.7 Å². The number of carboxylic acid groups (broad SMARTS) is 1. The first-order chi connectivity index (χ1) is 18.5. The molecule has 0 saturated carbocycles. The Morgan fingerprint density at radius 2 is 1.53 bits per heavy atom. The predicted octanol–water partition coefficient (Wildman–Crippen LogP) is 8.12. The van der Waals surface area contributed by atoms with Gasteiger partial charge in [0.1, 0.15) is 12.4 Å². The van der Waals surface area contributed by atoms with Crippen molar-refractivity contribution >= 4 is 28.5 Å². The maximum absolute atomic E-state index is 11.0. The SMILES string of the molecule is Cc1c(C(c2ccccc2)c2ccccc2)c2cc(Cl)ccc2n1C/C=C/COc1ccc(C(=O)O)cc1. The minimum atomic E-state index is -0.951. The first-order valence-electron chi connectivity index (χ1n) is 12.5. The van der Waals surface area contributed by atoms with Crippen LogP contribution in [0.3, 0.4) is 0 Å². The summed E-state index contributed by atoms with van der Waals surface area (Å²) >= 11 is 6.51. The zero-order valence-corrected chi connectivity index (χ0v) is 21.8. The highest BCUT2D eigenvalue weighted by atomic mass is 35.5. The van der Waals surface area contributed by atoms with Gasteiger partial charge in [-0.1, -0.05) is 78.3 Å². The van der Waals surface area contributed by atoms with E-state index in [-0.39, 0.29) is 11.5 Å². The molecular formula is C33H28ClNO3. The lowest BCUT2D eigenvalue weighted by molar-refractivity contribution is 0.0697. The topological polar surface area (TPSA) is 51.5 Å². The maximum Gasteiger partial charge on any atom is 0.335 e.